The van der Waals surface area contributed by atoms with Gasteiger partial charge in [0.1, 0.15) is 18.8 Å². The molecule has 2 amide bonds. The first kappa shape index (κ1) is 20.4. The van der Waals surface area contributed by atoms with Crippen LogP contribution in [0.4, 0.5) is 5.13 Å². The molecule has 0 radical (unpaired) electrons. The molecule has 3 N–H and O–H groups in total. The number of hydrogen-bond donors (Lipinski definition) is 2. The van der Waals surface area contributed by atoms with Crippen molar-refractivity contribution in [3.05, 3.63) is 11.1 Å². The molecule has 0 aromatic carbocycles. The second kappa shape index (κ2) is 7.97. The fourth-order valence-corrected chi connectivity index (χ4v) is 2.85. The number of nitrogens with one attached hydrogen (secondary N) is 1. The third-order valence-electron chi connectivity index (χ3n) is 2.63. The van der Waals surface area contributed by atoms with Crippen molar-refractivity contribution in [2.24, 2.45) is 5.16 Å². The minimum atomic E-state index is -4.86. The van der Waals surface area contributed by atoms with E-state index in [9.17, 15) is 22.6 Å². The van der Waals surface area contributed by atoms with E-state index in [1.165, 1.54) is 12.5 Å². The van der Waals surface area contributed by atoms with Gasteiger partial charge in [-0.2, -0.15) is 0 Å². The van der Waals surface area contributed by atoms with Gasteiger partial charge in [-0.05, 0) is 0 Å². The maximum atomic E-state index is 12.1. The Balaban J connectivity index is 0.00000264. The number of thiazole rings is 1. The van der Waals surface area contributed by atoms with Crippen molar-refractivity contribution in [3.63, 3.8) is 0 Å². The number of anilines is 1. The predicted octanol–water partition coefficient (Wildman–Crippen LogP) is -5.13. The zero-order valence-electron chi connectivity index (χ0n) is 12.0. The molecule has 23 heavy (non-hydrogen) atoms. The van der Waals surface area contributed by atoms with Crippen LogP contribution in [0.3, 0.4) is 0 Å². The summed E-state index contributed by atoms with van der Waals surface area (Å²) in [4.78, 5) is 31.9. The van der Waals surface area contributed by atoms with E-state index in [1.807, 2.05) is 0 Å². The van der Waals surface area contributed by atoms with Crippen LogP contribution in [-0.2, 0) is 24.7 Å². The van der Waals surface area contributed by atoms with Crippen LogP contribution >= 0.6 is 11.3 Å². The van der Waals surface area contributed by atoms with Crippen molar-refractivity contribution in [1.29, 1.82) is 0 Å². The molecular weight excluding hydrogens is 377 g/mol. The largest absolute Gasteiger partial charge is 1.00 e. The first-order valence-corrected chi connectivity index (χ1v) is 7.89. The first-order chi connectivity index (χ1) is 10.2. The van der Waals surface area contributed by atoms with E-state index in [4.69, 9.17) is 5.73 Å². The molecule has 1 aromatic rings. The number of amides is 2. The van der Waals surface area contributed by atoms with Gasteiger partial charge < -0.3 is 20.4 Å². The molecule has 1 saturated heterocycles. The third kappa shape index (κ3) is 4.69. The van der Waals surface area contributed by atoms with Crippen LogP contribution in [0.15, 0.2) is 10.5 Å². The number of carbonyl (C=O) groups excluding carboxylic acids is 2. The Bertz CT molecular complexity index is 747. The summed E-state index contributed by atoms with van der Waals surface area (Å²) in [5, 5.41) is 7.41. The molecule has 0 spiro atoms. The zero-order valence-corrected chi connectivity index (χ0v) is 16.8. The fraction of sp³-hybridized carbons (Fsp3) is 0.333. The molecule has 11 nitrogen and oxygen atoms in total. The minimum Gasteiger partial charge on any atom is -0.731 e. The van der Waals surface area contributed by atoms with Crippen molar-refractivity contribution < 1.29 is 78.8 Å². The third-order valence-corrected chi connectivity index (χ3v) is 4.17. The van der Waals surface area contributed by atoms with Crippen LogP contribution < -0.4 is 62.4 Å². The Morgan fingerprint density at radius 1 is 1.65 bits per heavy atom. The summed E-state index contributed by atoms with van der Waals surface area (Å²) >= 11 is 1.07. The molecule has 2 heterocycles. The van der Waals surface area contributed by atoms with E-state index in [0.717, 1.165) is 11.3 Å². The molecule has 1 aliphatic heterocycles. The number of nitrogen functional groups attached to an aromatic ring is 1. The molecule has 1 atom stereocenters. The molecule has 0 bridgehead atoms. The molecule has 120 valence electrons. The standard InChI is InChI=1S/C9H11N5O6S2.K/c1-20-13-6(5-3-21-9(10)12-5)7(15)11-4-2-14(8(4)16)22(17,18)19;/h3-4H,2H2,1H3,(H2,10,12)(H,11,15)(H,17,18,19);/q;+1/p-1/b13-6-;/t4-;/m0./s1. The number of nitrogens with two attached hydrogens (primary N) is 1. The monoisotopic (exact) mass is 387 g/mol. The number of β-lactam (4-membered cyclic amide) rings is 1. The molecule has 1 aliphatic rings. The average molecular weight is 387 g/mol. The zero-order chi connectivity index (χ0) is 16.5. The van der Waals surface area contributed by atoms with Crippen LogP contribution in [-0.4, -0.2) is 59.5 Å². The van der Waals surface area contributed by atoms with Gasteiger partial charge in [0.05, 0.1) is 6.54 Å². The van der Waals surface area contributed by atoms with Gasteiger partial charge in [0.15, 0.2) is 21.1 Å². The smallest absolute Gasteiger partial charge is 0.731 e. The SMILES string of the molecule is CO/N=C(\C(=O)N[C@H]1CN(S(=O)(=O)[O-])C1=O)c1csc(N)n1.[K+]. The topological polar surface area (TPSA) is 167 Å². The number of rotatable bonds is 5. The van der Waals surface area contributed by atoms with Gasteiger partial charge in [0, 0.05) is 5.38 Å². The van der Waals surface area contributed by atoms with E-state index >= 15 is 0 Å². The van der Waals surface area contributed by atoms with Crippen LogP contribution in [0.25, 0.3) is 0 Å². The Morgan fingerprint density at radius 3 is 2.74 bits per heavy atom. The van der Waals surface area contributed by atoms with E-state index < -0.39 is 34.7 Å². The van der Waals surface area contributed by atoms with Gasteiger partial charge in [0.25, 0.3) is 11.8 Å². The molecule has 0 unspecified atom stereocenters. The van der Waals surface area contributed by atoms with Crippen molar-refractivity contribution >= 4 is 44.3 Å². The minimum absolute atomic E-state index is 0. The molecule has 1 aromatic heterocycles. The van der Waals surface area contributed by atoms with E-state index in [2.05, 4.69) is 20.3 Å². The number of oxime groups is 1. The van der Waals surface area contributed by atoms with Gasteiger partial charge in [-0.3, -0.25) is 9.59 Å². The first-order valence-electron chi connectivity index (χ1n) is 5.65. The van der Waals surface area contributed by atoms with Crippen molar-refractivity contribution in [3.8, 4) is 0 Å². The molecule has 0 aliphatic carbocycles. The molecule has 1 fully saturated rings. The van der Waals surface area contributed by atoms with E-state index in [0.29, 0.717) is 0 Å². The number of carbonyl (C=O) groups is 2. The quantitative estimate of drug-likeness (QED) is 0.166. The summed E-state index contributed by atoms with van der Waals surface area (Å²) in [7, 11) is -3.65. The van der Waals surface area contributed by atoms with Gasteiger partial charge >= 0.3 is 51.4 Å². The second-order valence-electron chi connectivity index (χ2n) is 4.05. The molecular formula is C9H10KN5O6S2. The van der Waals surface area contributed by atoms with Crippen LogP contribution in [0.2, 0.25) is 0 Å². The molecule has 14 heteroatoms. The van der Waals surface area contributed by atoms with Gasteiger partial charge in [0.2, 0.25) is 0 Å². The van der Waals surface area contributed by atoms with Gasteiger partial charge in [-0.1, -0.05) is 5.16 Å². The molecule has 0 saturated carbocycles. The second-order valence-corrected chi connectivity index (χ2v) is 6.23. The van der Waals surface area contributed by atoms with Crippen LogP contribution in [0.5, 0.6) is 0 Å². The fourth-order valence-electron chi connectivity index (χ4n) is 1.62. The number of aromatic nitrogens is 1. The van der Waals surface area contributed by atoms with Crippen molar-refractivity contribution in [2.45, 2.75) is 6.04 Å². The van der Waals surface area contributed by atoms with Gasteiger partial charge in [-0.15, -0.1) is 11.3 Å². The normalized spacial score (nSPS) is 18.0. The summed E-state index contributed by atoms with van der Waals surface area (Å²) in [6.07, 6.45) is 0. The van der Waals surface area contributed by atoms with E-state index in [1.54, 1.807) is 0 Å². The Morgan fingerprint density at radius 2 is 2.30 bits per heavy atom. The van der Waals surface area contributed by atoms with Crippen molar-refractivity contribution in [1.82, 2.24) is 14.6 Å². The maximum Gasteiger partial charge on any atom is 1.00 e. The summed E-state index contributed by atoms with van der Waals surface area (Å²) < 4.78 is 32.2. The summed E-state index contributed by atoms with van der Waals surface area (Å²) in [5.41, 5.74) is 5.37. The van der Waals surface area contributed by atoms with E-state index in [-0.39, 0.29) is 72.2 Å². The summed E-state index contributed by atoms with van der Waals surface area (Å²) in [6.45, 7) is -0.435. The summed E-state index contributed by atoms with van der Waals surface area (Å²) in [5.74, 6) is -1.83. The van der Waals surface area contributed by atoms with Crippen LogP contribution in [0.1, 0.15) is 5.69 Å². The number of nitrogens with zero attached hydrogens (tertiary/aromatic N) is 3. The van der Waals surface area contributed by atoms with Gasteiger partial charge in [-0.25, -0.2) is 17.7 Å². The maximum absolute atomic E-state index is 12.1. The Hall–Kier alpha value is -0.614. The van der Waals surface area contributed by atoms with Crippen molar-refractivity contribution in [2.75, 3.05) is 19.4 Å². The average Bonchev–Trinajstić information content (AvgIpc) is 2.84. The number of hydrogen-bond acceptors (Lipinski definition) is 10. The predicted molar refractivity (Wildman–Crippen MR) is 73.4 cm³/mol. The Labute approximate surface area is 177 Å². The summed E-state index contributed by atoms with van der Waals surface area (Å²) in [6, 6.07) is -1.13. The van der Waals surface area contributed by atoms with Crippen LogP contribution in [0, 0.1) is 0 Å². The molecule has 2 rings (SSSR count). The Kier molecular flexibility index (Phi) is 7.08.